The van der Waals surface area contributed by atoms with Gasteiger partial charge in [0.25, 0.3) is 0 Å². The number of carbonyl (C=O) groups is 1. The Kier molecular flexibility index (Phi) is 5.59. The summed E-state index contributed by atoms with van der Waals surface area (Å²) in [7, 11) is 0. The Morgan fingerprint density at radius 2 is 1.79 bits per heavy atom. The molecule has 2 aromatic rings. The first-order valence-electron chi connectivity index (χ1n) is 8.89. The second-order valence-corrected chi connectivity index (χ2v) is 6.68. The number of phenols is 5. The molecule has 0 unspecified atom stereocenters. The fourth-order valence-corrected chi connectivity index (χ4v) is 3.19. The highest BCUT2D eigenvalue weighted by Crippen LogP contribution is 2.45. The van der Waals surface area contributed by atoms with Gasteiger partial charge in [-0.05, 0) is 18.6 Å². The largest absolute Gasteiger partial charge is 0.508 e. The Balaban J connectivity index is 1.95. The summed E-state index contributed by atoms with van der Waals surface area (Å²) >= 11 is 0. The third-order valence-electron chi connectivity index (χ3n) is 4.57. The molecule has 8 heteroatoms. The van der Waals surface area contributed by atoms with Crippen molar-refractivity contribution in [2.75, 3.05) is 0 Å². The molecule has 0 radical (unpaired) electrons. The molecule has 2 aromatic carbocycles. The summed E-state index contributed by atoms with van der Waals surface area (Å²) in [6.07, 6.45) is 4.33. The molecule has 0 spiro atoms. The SMILES string of the molecule is C#CCCCC(=O)O[C@@H]1Cc2c(O)cc(O)cc2O[C@@H]1c1cc(O)c(O)c(O)c1. The van der Waals surface area contributed by atoms with Crippen LogP contribution < -0.4 is 4.74 Å². The predicted octanol–water partition coefficient (Wildman–Crippen LogP) is 2.61. The molecule has 2 atom stereocenters. The third kappa shape index (κ3) is 4.24. The van der Waals surface area contributed by atoms with Gasteiger partial charge in [-0.15, -0.1) is 12.3 Å². The Morgan fingerprint density at radius 3 is 2.45 bits per heavy atom. The minimum absolute atomic E-state index is 0.0649. The molecule has 3 rings (SSSR count). The second kappa shape index (κ2) is 8.10. The molecule has 152 valence electrons. The number of phenolic OH excluding ortho intramolecular Hbond substituents is 5. The van der Waals surface area contributed by atoms with Gasteiger partial charge in [0.15, 0.2) is 23.4 Å². The standard InChI is InChI=1S/C21H20O8/c1-2-3-4-5-19(26)28-18-10-13-14(23)8-12(22)9-17(13)29-21(18)11-6-15(24)20(27)16(25)7-11/h1,6-9,18,21-25,27H,3-5,10H2/t18-,21-/m1/s1. The molecule has 1 aliphatic rings. The molecule has 0 saturated carbocycles. The van der Waals surface area contributed by atoms with Crippen molar-refractivity contribution in [3.8, 4) is 46.8 Å². The van der Waals surface area contributed by atoms with Crippen LogP contribution in [0.15, 0.2) is 24.3 Å². The van der Waals surface area contributed by atoms with Gasteiger partial charge in [0, 0.05) is 42.5 Å². The van der Waals surface area contributed by atoms with Crippen LogP contribution in [0.3, 0.4) is 0 Å². The number of benzene rings is 2. The van der Waals surface area contributed by atoms with Crippen molar-refractivity contribution in [2.45, 2.75) is 37.9 Å². The average molecular weight is 400 g/mol. The van der Waals surface area contributed by atoms with E-state index in [9.17, 15) is 30.3 Å². The molecular weight excluding hydrogens is 380 g/mol. The van der Waals surface area contributed by atoms with Crippen LogP contribution in [0, 0.1) is 12.3 Å². The van der Waals surface area contributed by atoms with Gasteiger partial charge in [0.1, 0.15) is 23.4 Å². The summed E-state index contributed by atoms with van der Waals surface area (Å²) in [6.45, 7) is 0. The van der Waals surface area contributed by atoms with E-state index in [2.05, 4.69) is 5.92 Å². The third-order valence-corrected chi connectivity index (χ3v) is 4.57. The van der Waals surface area contributed by atoms with E-state index >= 15 is 0 Å². The second-order valence-electron chi connectivity index (χ2n) is 6.68. The average Bonchev–Trinajstić information content (AvgIpc) is 2.66. The zero-order chi connectivity index (χ0) is 21.1. The van der Waals surface area contributed by atoms with Crippen molar-refractivity contribution in [2.24, 2.45) is 0 Å². The van der Waals surface area contributed by atoms with Crippen LogP contribution in [0.25, 0.3) is 0 Å². The van der Waals surface area contributed by atoms with Crippen molar-refractivity contribution in [3.63, 3.8) is 0 Å². The Hall–Kier alpha value is -3.73. The van der Waals surface area contributed by atoms with E-state index in [1.807, 2.05) is 0 Å². The summed E-state index contributed by atoms with van der Waals surface area (Å²) in [5.41, 5.74) is 0.570. The Morgan fingerprint density at radius 1 is 1.10 bits per heavy atom. The van der Waals surface area contributed by atoms with Gasteiger partial charge in [-0.2, -0.15) is 0 Å². The molecule has 0 aliphatic carbocycles. The lowest BCUT2D eigenvalue weighted by atomic mass is 9.93. The minimum Gasteiger partial charge on any atom is -0.508 e. The quantitative estimate of drug-likeness (QED) is 0.224. The number of terminal acetylenes is 1. The van der Waals surface area contributed by atoms with E-state index in [-0.39, 0.29) is 35.7 Å². The molecule has 0 bridgehead atoms. The van der Waals surface area contributed by atoms with E-state index in [1.165, 1.54) is 18.2 Å². The lowest BCUT2D eigenvalue weighted by Crippen LogP contribution is -2.34. The number of fused-ring (bicyclic) bond motifs is 1. The number of hydrogen-bond donors (Lipinski definition) is 5. The Bertz CT molecular complexity index is 952. The lowest BCUT2D eigenvalue weighted by molar-refractivity contribution is -0.155. The van der Waals surface area contributed by atoms with Crippen molar-refractivity contribution in [1.29, 1.82) is 0 Å². The maximum atomic E-state index is 12.2. The molecule has 8 nitrogen and oxygen atoms in total. The maximum absolute atomic E-state index is 12.2. The highest BCUT2D eigenvalue weighted by molar-refractivity contribution is 5.70. The first-order chi connectivity index (χ1) is 13.8. The van der Waals surface area contributed by atoms with Gasteiger partial charge in [-0.25, -0.2) is 0 Å². The molecule has 1 aliphatic heterocycles. The minimum atomic E-state index is -0.974. The van der Waals surface area contributed by atoms with Crippen LogP contribution in [0.5, 0.6) is 34.5 Å². The summed E-state index contributed by atoms with van der Waals surface area (Å²) in [5.74, 6) is -0.204. The molecule has 0 saturated heterocycles. The number of rotatable bonds is 5. The van der Waals surface area contributed by atoms with Crippen molar-refractivity contribution < 1.29 is 39.8 Å². The van der Waals surface area contributed by atoms with Gasteiger partial charge in [0.05, 0.1) is 0 Å². The highest BCUT2D eigenvalue weighted by atomic mass is 16.6. The number of unbranched alkanes of at least 4 members (excludes halogenated alkanes) is 1. The molecular formula is C21H20O8. The van der Waals surface area contributed by atoms with E-state index < -0.39 is 35.4 Å². The molecule has 1 heterocycles. The van der Waals surface area contributed by atoms with E-state index in [0.29, 0.717) is 18.4 Å². The normalized spacial score (nSPS) is 17.6. The highest BCUT2D eigenvalue weighted by Gasteiger charge is 2.36. The molecule has 29 heavy (non-hydrogen) atoms. The first kappa shape index (κ1) is 20.0. The van der Waals surface area contributed by atoms with Gasteiger partial charge in [-0.3, -0.25) is 4.79 Å². The Labute approximate surface area is 166 Å². The fraction of sp³-hybridized carbons (Fsp3) is 0.286. The van der Waals surface area contributed by atoms with Crippen LogP contribution in [-0.4, -0.2) is 37.6 Å². The summed E-state index contributed by atoms with van der Waals surface area (Å²) in [5, 5.41) is 49.1. The van der Waals surface area contributed by atoms with Gasteiger partial charge < -0.3 is 35.0 Å². The zero-order valence-electron chi connectivity index (χ0n) is 15.3. The number of carbonyl (C=O) groups excluding carboxylic acids is 1. The number of aromatic hydroxyl groups is 5. The number of ether oxygens (including phenoxy) is 2. The first-order valence-corrected chi connectivity index (χ1v) is 8.89. The van der Waals surface area contributed by atoms with E-state index in [4.69, 9.17) is 15.9 Å². The van der Waals surface area contributed by atoms with Gasteiger partial charge in [0.2, 0.25) is 0 Å². The lowest BCUT2D eigenvalue weighted by Gasteiger charge is -2.34. The maximum Gasteiger partial charge on any atom is 0.306 e. The van der Waals surface area contributed by atoms with E-state index in [1.54, 1.807) is 0 Å². The van der Waals surface area contributed by atoms with Crippen molar-refractivity contribution >= 4 is 5.97 Å². The smallest absolute Gasteiger partial charge is 0.306 e. The number of hydrogen-bond acceptors (Lipinski definition) is 8. The van der Waals surface area contributed by atoms with Crippen LogP contribution in [0.1, 0.15) is 36.5 Å². The van der Waals surface area contributed by atoms with Crippen molar-refractivity contribution in [1.82, 2.24) is 0 Å². The molecule has 5 N–H and O–H groups in total. The van der Waals surface area contributed by atoms with Crippen LogP contribution in [-0.2, 0) is 16.0 Å². The van der Waals surface area contributed by atoms with E-state index in [0.717, 1.165) is 6.07 Å². The molecule has 0 amide bonds. The predicted molar refractivity (Wildman–Crippen MR) is 101 cm³/mol. The molecule has 0 fully saturated rings. The van der Waals surface area contributed by atoms with Crippen LogP contribution >= 0.6 is 0 Å². The van der Waals surface area contributed by atoms with Crippen molar-refractivity contribution in [3.05, 3.63) is 35.4 Å². The van der Waals surface area contributed by atoms with Crippen LogP contribution in [0.2, 0.25) is 0 Å². The fourth-order valence-electron chi connectivity index (χ4n) is 3.19. The summed E-state index contributed by atoms with van der Waals surface area (Å²) in [4.78, 5) is 12.2. The number of esters is 1. The van der Waals surface area contributed by atoms with Crippen LogP contribution in [0.4, 0.5) is 0 Å². The molecule has 0 aromatic heterocycles. The monoisotopic (exact) mass is 400 g/mol. The van der Waals surface area contributed by atoms with Gasteiger partial charge in [-0.1, -0.05) is 0 Å². The van der Waals surface area contributed by atoms with Gasteiger partial charge >= 0.3 is 5.97 Å². The topological polar surface area (TPSA) is 137 Å². The summed E-state index contributed by atoms with van der Waals surface area (Å²) < 4.78 is 11.4. The summed E-state index contributed by atoms with van der Waals surface area (Å²) in [6, 6.07) is 4.79. The zero-order valence-corrected chi connectivity index (χ0v) is 15.3.